The number of hydrogen-bond donors (Lipinski definition) is 1. The smallest absolute Gasteiger partial charge is 0.406 e. The second-order valence-electron chi connectivity index (χ2n) is 7.86. The topological polar surface area (TPSA) is 59.4 Å². The third-order valence-corrected chi connectivity index (χ3v) is 6.57. The maximum absolute atomic E-state index is 12.4. The van der Waals surface area contributed by atoms with Crippen LogP contribution in [0.5, 0.6) is 5.75 Å². The molecule has 1 N–H and O–H groups in total. The summed E-state index contributed by atoms with van der Waals surface area (Å²) in [5.41, 5.74) is 3.85. The number of rotatable bonds is 8. The zero-order valence-electron chi connectivity index (χ0n) is 19.3. The van der Waals surface area contributed by atoms with Crippen LogP contribution in [0.2, 0.25) is 0 Å². The van der Waals surface area contributed by atoms with Crippen LogP contribution in [0.4, 0.5) is 18.3 Å². The Morgan fingerprint density at radius 2 is 1.81 bits per heavy atom. The number of pyridine rings is 1. The Bertz CT molecular complexity index is 1280. The molecule has 0 bridgehead atoms. The summed E-state index contributed by atoms with van der Waals surface area (Å²) in [4.78, 5) is 8.82. The molecule has 0 radical (unpaired) electrons. The highest BCUT2D eigenvalue weighted by Gasteiger charge is 2.31. The van der Waals surface area contributed by atoms with E-state index in [0.29, 0.717) is 27.2 Å². The van der Waals surface area contributed by atoms with Crippen molar-refractivity contribution in [3.8, 4) is 5.75 Å². The summed E-state index contributed by atoms with van der Waals surface area (Å²) >= 11 is 1.23. The van der Waals surface area contributed by atoms with Gasteiger partial charge in [-0.05, 0) is 24.3 Å². The number of halogens is 3. The number of fused-ring (bicyclic) bond motifs is 1. The number of benzene rings is 2. The predicted octanol–water partition coefficient (Wildman–Crippen LogP) is 7.82. The molecular formula is C26H24F3N4OPS. The van der Waals surface area contributed by atoms with Crippen molar-refractivity contribution in [1.29, 1.82) is 0 Å². The molecule has 1 aliphatic rings. The lowest BCUT2D eigenvalue weighted by Gasteiger charge is -2.08. The molecule has 5 rings (SSSR count). The molecule has 5 nitrogen and oxygen atoms in total. The molecule has 2 aromatic carbocycles. The van der Waals surface area contributed by atoms with E-state index in [4.69, 9.17) is 4.76 Å². The van der Waals surface area contributed by atoms with Crippen LogP contribution in [0.3, 0.4) is 0 Å². The molecule has 186 valence electrons. The molecule has 4 aromatic rings. The van der Waals surface area contributed by atoms with E-state index in [-0.39, 0.29) is 14.5 Å². The molecule has 1 saturated carbocycles. The van der Waals surface area contributed by atoms with Crippen molar-refractivity contribution in [2.45, 2.75) is 25.6 Å². The van der Waals surface area contributed by atoms with Gasteiger partial charge in [0.1, 0.15) is 5.75 Å². The molecule has 2 aromatic heterocycles. The summed E-state index contributed by atoms with van der Waals surface area (Å²) in [6, 6.07) is 19.6. The van der Waals surface area contributed by atoms with Crippen molar-refractivity contribution in [2.75, 3.05) is 11.5 Å². The van der Waals surface area contributed by atoms with Crippen molar-refractivity contribution < 1.29 is 17.9 Å². The summed E-state index contributed by atoms with van der Waals surface area (Å²) < 4.78 is 46.6. The standard InChI is InChI=1S/C23H18F3N4OPS.C3H6/c1-15(28-22-29-18-11-10-17(13-20(18)33-22)31-23(24,25)26)14-32-30-21(16-7-3-2-4-8-16)19-9-5-6-12-27-19;1-2-3-1/h2-13,32H,1,14H2,(H,28,29);1-3H2/b30-21-;. The van der Waals surface area contributed by atoms with Crippen LogP contribution in [-0.4, -0.2) is 28.2 Å². The van der Waals surface area contributed by atoms with Gasteiger partial charge >= 0.3 is 6.36 Å². The highest BCUT2D eigenvalue weighted by Crippen LogP contribution is 2.32. The van der Waals surface area contributed by atoms with Gasteiger partial charge in [-0.15, -0.1) is 13.2 Å². The van der Waals surface area contributed by atoms with Gasteiger partial charge in [0.2, 0.25) is 0 Å². The zero-order chi connectivity index (χ0) is 25.4. The van der Waals surface area contributed by atoms with E-state index in [1.165, 1.54) is 48.8 Å². The number of aromatic nitrogens is 2. The Kier molecular flexibility index (Phi) is 8.67. The minimum Gasteiger partial charge on any atom is -0.406 e. The largest absolute Gasteiger partial charge is 0.573 e. The Morgan fingerprint density at radius 1 is 1.06 bits per heavy atom. The number of thiazole rings is 1. The molecule has 1 atom stereocenters. The van der Waals surface area contributed by atoms with Gasteiger partial charge in [-0.2, -0.15) is 0 Å². The third-order valence-electron chi connectivity index (χ3n) is 4.67. The molecule has 0 spiro atoms. The van der Waals surface area contributed by atoms with Crippen LogP contribution in [0.25, 0.3) is 10.2 Å². The van der Waals surface area contributed by atoms with Crippen LogP contribution in [0.15, 0.2) is 90.0 Å². The minimum atomic E-state index is -4.73. The Hall–Kier alpha value is -3.29. The molecule has 0 amide bonds. The SMILES string of the molecule is C1CC1.C=C(CP/N=C(/c1ccccc1)c1ccccn1)Nc1nc2ccc(OC(F)(F)F)cc2s1. The molecule has 10 heteroatoms. The van der Waals surface area contributed by atoms with Crippen molar-refractivity contribution in [2.24, 2.45) is 4.76 Å². The quantitative estimate of drug-likeness (QED) is 0.187. The number of nitrogens with zero attached hydrogens (tertiary/aromatic N) is 3. The molecular weight excluding hydrogens is 504 g/mol. The average molecular weight is 529 g/mol. The first kappa shape index (κ1) is 25.8. The first-order valence-electron chi connectivity index (χ1n) is 11.3. The summed E-state index contributed by atoms with van der Waals surface area (Å²) in [5, 5.41) is 3.67. The zero-order valence-corrected chi connectivity index (χ0v) is 21.1. The predicted molar refractivity (Wildman–Crippen MR) is 142 cm³/mol. The van der Waals surface area contributed by atoms with Crippen molar-refractivity contribution in [1.82, 2.24) is 9.97 Å². The van der Waals surface area contributed by atoms with Crippen molar-refractivity contribution in [3.63, 3.8) is 0 Å². The number of anilines is 1. The Labute approximate surface area is 213 Å². The fourth-order valence-electron chi connectivity index (χ4n) is 2.93. The van der Waals surface area contributed by atoms with E-state index in [1.807, 2.05) is 48.5 Å². The maximum atomic E-state index is 12.4. The van der Waals surface area contributed by atoms with Gasteiger partial charge in [-0.3, -0.25) is 9.75 Å². The van der Waals surface area contributed by atoms with E-state index < -0.39 is 6.36 Å². The van der Waals surface area contributed by atoms with Gasteiger partial charge in [-0.1, -0.05) is 73.6 Å². The number of hydrogen-bond acceptors (Lipinski definition) is 6. The fraction of sp³-hybridized carbons (Fsp3) is 0.192. The number of allylic oxidation sites excluding steroid dienone is 1. The minimum absolute atomic E-state index is 0.194. The second-order valence-corrected chi connectivity index (χ2v) is 9.79. The Morgan fingerprint density at radius 3 is 2.47 bits per heavy atom. The lowest BCUT2D eigenvalue weighted by molar-refractivity contribution is -0.274. The van der Waals surface area contributed by atoms with E-state index >= 15 is 0 Å². The van der Waals surface area contributed by atoms with E-state index in [2.05, 4.69) is 26.6 Å². The van der Waals surface area contributed by atoms with E-state index in [0.717, 1.165) is 17.0 Å². The maximum Gasteiger partial charge on any atom is 0.573 e. The highest BCUT2D eigenvalue weighted by atomic mass is 32.1. The number of nitrogens with one attached hydrogen (secondary N) is 1. The number of alkyl halides is 3. The van der Waals surface area contributed by atoms with Gasteiger partial charge in [0.05, 0.1) is 21.6 Å². The summed E-state index contributed by atoms with van der Waals surface area (Å²) in [6.07, 6.45) is 2.07. The van der Waals surface area contributed by atoms with Gasteiger partial charge in [0.25, 0.3) is 0 Å². The second kappa shape index (κ2) is 12.1. The average Bonchev–Trinajstić information content (AvgIpc) is 3.69. The molecule has 36 heavy (non-hydrogen) atoms. The summed E-state index contributed by atoms with van der Waals surface area (Å²) in [6.45, 7) is 4.03. The van der Waals surface area contributed by atoms with Crippen LogP contribution in [-0.2, 0) is 0 Å². The van der Waals surface area contributed by atoms with Crippen molar-refractivity contribution in [3.05, 3.63) is 96.5 Å². The first-order valence-corrected chi connectivity index (χ1v) is 13.2. The normalized spacial score (nSPS) is 13.4. The van der Waals surface area contributed by atoms with Crippen LogP contribution >= 0.6 is 20.1 Å². The highest BCUT2D eigenvalue weighted by molar-refractivity contribution is 7.37. The number of ether oxygens (including phenoxy) is 1. The summed E-state index contributed by atoms with van der Waals surface area (Å²) in [5.74, 6) is -0.275. The van der Waals surface area contributed by atoms with Gasteiger partial charge < -0.3 is 10.1 Å². The van der Waals surface area contributed by atoms with Crippen LogP contribution in [0, 0.1) is 0 Å². The molecule has 0 saturated heterocycles. The molecule has 0 aliphatic heterocycles. The molecule has 2 heterocycles. The first-order chi connectivity index (χ1) is 17.4. The van der Waals surface area contributed by atoms with Crippen molar-refractivity contribution >= 4 is 41.1 Å². The van der Waals surface area contributed by atoms with Gasteiger partial charge in [0.15, 0.2) is 5.13 Å². The Balaban J connectivity index is 0.000000943. The summed E-state index contributed by atoms with van der Waals surface area (Å²) in [7, 11) is 0.194. The molecule has 1 fully saturated rings. The third kappa shape index (κ3) is 8.14. The fourth-order valence-corrected chi connectivity index (χ4v) is 4.63. The lowest BCUT2D eigenvalue weighted by Crippen LogP contribution is -2.16. The van der Waals surface area contributed by atoms with Gasteiger partial charge in [-0.25, -0.2) is 4.98 Å². The lowest BCUT2D eigenvalue weighted by atomic mass is 10.1. The van der Waals surface area contributed by atoms with Crippen LogP contribution in [0.1, 0.15) is 30.5 Å². The van der Waals surface area contributed by atoms with E-state index in [9.17, 15) is 13.2 Å². The van der Waals surface area contributed by atoms with Gasteiger partial charge in [0, 0.05) is 38.4 Å². The molecule has 1 unspecified atom stereocenters. The van der Waals surface area contributed by atoms with E-state index in [1.54, 1.807) is 6.20 Å². The van der Waals surface area contributed by atoms with Crippen LogP contribution < -0.4 is 10.1 Å². The molecule has 1 aliphatic carbocycles. The monoisotopic (exact) mass is 528 g/mol.